The van der Waals surface area contributed by atoms with E-state index in [1.54, 1.807) is 6.07 Å². The van der Waals surface area contributed by atoms with Gasteiger partial charge in [-0.1, -0.05) is 16.8 Å². The van der Waals surface area contributed by atoms with Gasteiger partial charge in [0.15, 0.2) is 11.5 Å². The van der Waals surface area contributed by atoms with E-state index in [2.05, 4.69) is 5.16 Å². The summed E-state index contributed by atoms with van der Waals surface area (Å²) in [5.41, 5.74) is 2.31. The van der Waals surface area contributed by atoms with Crippen LogP contribution in [0, 0.1) is 13.8 Å². The van der Waals surface area contributed by atoms with Crippen molar-refractivity contribution in [1.82, 2.24) is 5.16 Å². The van der Waals surface area contributed by atoms with Gasteiger partial charge in [-0.05, 0) is 31.0 Å². The smallest absolute Gasteiger partial charge is 0.358 e. The van der Waals surface area contributed by atoms with Crippen molar-refractivity contribution in [2.24, 2.45) is 0 Å². The van der Waals surface area contributed by atoms with Gasteiger partial charge in [0, 0.05) is 6.07 Å². The lowest BCUT2D eigenvalue weighted by atomic mass is 10.00. The van der Waals surface area contributed by atoms with E-state index < -0.39 is 5.97 Å². The maximum Gasteiger partial charge on any atom is 0.358 e. The summed E-state index contributed by atoms with van der Waals surface area (Å²) in [5.74, 6) is -0.388. The van der Waals surface area contributed by atoms with E-state index in [4.69, 9.17) is 26.0 Å². The van der Waals surface area contributed by atoms with Gasteiger partial charge in [-0.2, -0.15) is 0 Å². The van der Waals surface area contributed by atoms with E-state index in [-0.39, 0.29) is 5.69 Å². The number of aromatic carboxylic acids is 1. The minimum atomic E-state index is -1.15. The fourth-order valence-electron chi connectivity index (χ4n) is 1.84. The highest BCUT2D eigenvalue weighted by Gasteiger charge is 2.20. The van der Waals surface area contributed by atoms with Gasteiger partial charge in [0.2, 0.25) is 0 Å². The first-order chi connectivity index (χ1) is 8.95. The largest absolute Gasteiger partial charge is 0.494 e. The van der Waals surface area contributed by atoms with Crippen LogP contribution in [0.15, 0.2) is 16.7 Å². The Morgan fingerprint density at radius 3 is 2.63 bits per heavy atom. The number of aromatic nitrogens is 1. The molecule has 0 spiro atoms. The topological polar surface area (TPSA) is 72.6 Å². The molecule has 0 bridgehead atoms. The highest BCUT2D eigenvalue weighted by Crippen LogP contribution is 2.40. The number of hydrogen-bond donors (Lipinski definition) is 1. The zero-order valence-electron chi connectivity index (χ0n) is 10.7. The van der Waals surface area contributed by atoms with Crippen LogP contribution in [-0.4, -0.2) is 23.3 Å². The second-order valence-electron chi connectivity index (χ2n) is 4.09. The molecule has 0 atom stereocenters. The quantitative estimate of drug-likeness (QED) is 0.934. The van der Waals surface area contributed by atoms with Crippen LogP contribution in [-0.2, 0) is 0 Å². The fourth-order valence-corrected chi connectivity index (χ4v) is 2.18. The normalized spacial score (nSPS) is 10.5. The van der Waals surface area contributed by atoms with Crippen LogP contribution < -0.4 is 4.74 Å². The Morgan fingerprint density at radius 2 is 2.11 bits per heavy atom. The van der Waals surface area contributed by atoms with E-state index in [0.717, 1.165) is 11.1 Å². The summed E-state index contributed by atoms with van der Waals surface area (Å²) in [6.07, 6.45) is 0. The highest BCUT2D eigenvalue weighted by molar-refractivity contribution is 6.32. The van der Waals surface area contributed by atoms with Crippen molar-refractivity contribution in [2.45, 2.75) is 13.8 Å². The van der Waals surface area contributed by atoms with E-state index in [9.17, 15) is 4.79 Å². The van der Waals surface area contributed by atoms with E-state index in [1.165, 1.54) is 13.2 Å². The molecule has 0 saturated heterocycles. The predicted octanol–water partition coefficient (Wildman–Crippen LogP) is 3.32. The molecule has 0 fully saturated rings. The zero-order valence-corrected chi connectivity index (χ0v) is 11.4. The van der Waals surface area contributed by atoms with E-state index in [1.807, 2.05) is 13.8 Å². The molecule has 0 amide bonds. The van der Waals surface area contributed by atoms with Crippen LogP contribution in [0.25, 0.3) is 11.3 Å². The zero-order chi connectivity index (χ0) is 14.2. The fraction of sp³-hybridized carbons (Fsp3) is 0.231. The number of carboxylic acid groups (broad SMARTS) is 1. The number of halogens is 1. The molecule has 5 nitrogen and oxygen atoms in total. The van der Waals surface area contributed by atoms with E-state index in [0.29, 0.717) is 22.1 Å². The minimum absolute atomic E-state index is 0.158. The van der Waals surface area contributed by atoms with Gasteiger partial charge in [-0.25, -0.2) is 4.79 Å². The standard InChI is InChI=1S/C13H12ClNO4/c1-6-4-8(14)12(18-3)11(7(6)2)10-5-9(13(16)17)15-19-10/h4-5H,1-3H3,(H,16,17). The first-order valence-electron chi connectivity index (χ1n) is 5.49. The summed E-state index contributed by atoms with van der Waals surface area (Å²) < 4.78 is 10.3. The van der Waals surface area contributed by atoms with Crippen molar-refractivity contribution in [2.75, 3.05) is 7.11 Å². The van der Waals surface area contributed by atoms with Crippen molar-refractivity contribution in [1.29, 1.82) is 0 Å². The summed E-state index contributed by atoms with van der Waals surface area (Å²) in [5, 5.41) is 12.8. The third-order valence-electron chi connectivity index (χ3n) is 2.93. The van der Waals surface area contributed by atoms with Crippen molar-refractivity contribution < 1.29 is 19.2 Å². The lowest BCUT2D eigenvalue weighted by molar-refractivity contribution is 0.0686. The van der Waals surface area contributed by atoms with Crippen LogP contribution >= 0.6 is 11.6 Å². The SMILES string of the molecule is COc1c(Cl)cc(C)c(C)c1-c1cc(C(=O)O)no1. The Balaban J connectivity index is 2.69. The lowest BCUT2D eigenvalue weighted by Crippen LogP contribution is -1.95. The van der Waals surface area contributed by atoms with Gasteiger partial charge in [0.25, 0.3) is 0 Å². The summed E-state index contributed by atoms with van der Waals surface area (Å²) in [7, 11) is 1.49. The molecule has 6 heteroatoms. The average Bonchev–Trinajstić information content (AvgIpc) is 2.82. The second-order valence-corrected chi connectivity index (χ2v) is 4.50. The molecule has 0 unspecified atom stereocenters. The molecule has 2 rings (SSSR count). The number of benzene rings is 1. The van der Waals surface area contributed by atoms with E-state index >= 15 is 0 Å². The van der Waals surface area contributed by atoms with Crippen LogP contribution in [0.3, 0.4) is 0 Å². The van der Waals surface area contributed by atoms with Gasteiger partial charge in [-0.15, -0.1) is 0 Å². The van der Waals surface area contributed by atoms with Crippen LogP contribution in [0.1, 0.15) is 21.6 Å². The third-order valence-corrected chi connectivity index (χ3v) is 3.21. The first kappa shape index (κ1) is 13.4. The van der Waals surface area contributed by atoms with Crippen LogP contribution in [0.2, 0.25) is 5.02 Å². The van der Waals surface area contributed by atoms with Gasteiger partial charge in [0.05, 0.1) is 17.7 Å². The summed E-state index contributed by atoms with van der Waals surface area (Å²) in [6.45, 7) is 3.78. The van der Waals surface area contributed by atoms with Crippen molar-refractivity contribution in [3.05, 3.63) is 34.0 Å². The number of ether oxygens (including phenoxy) is 1. The number of carboxylic acids is 1. The summed E-state index contributed by atoms with van der Waals surface area (Å²) in [6, 6.07) is 3.14. The maximum atomic E-state index is 10.8. The number of rotatable bonds is 3. The number of nitrogens with zero attached hydrogens (tertiary/aromatic N) is 1. The van der Waals surface area contributed by atoms with Gasteiger partial charge >= 0.3 is 5.97 Å². The Bertz CT molecular complexity index is 648. The van der Waals surface area contributed by atoms with Gasteiger partial charge in [-0.3, -0.25) is 0 Å². The van der Waals surface area contributed by atoms with Gasteiger partial charge in [0.1, 0.15) is 5.75 Å². The Labute approximate surface area is 114 Å². The molecule has 2 aromatic rings. The molecule has 1 aromatic carbocycles. The van der Waals surface area contributed by atoms with Crippen LogP contribution in [0.5, 0.6) is 5.75 Å². The first-order valence-corrected chi connectivity index (χ1v) is 5.87. The molecule has 100 valence electrons. The molecule has 0 saturated carbocycles. The highest BCUT2D eigenvalue weighted by atomic mass is 35.5. The van der Waals surface area contributed by atoms with Crippen molar-refractivity contribution >= 4 is 17.6 Å². The Hall–Kier alpha value is -2.01. The Morgan fingerprint density at radius 1 is 1.42 bits per heavy atom. The molecule has 0 aliphatic heterocycles. The molecular weight excluding hydrogens is 270 g/mol. The van der Waals surface area contributed by atoms with Crippen LogP contribution in [0.4, 0.5) is 0 Å². The predicted molar refractivity (Wildman–Crippen MR) is 69.9 cm³/mol. The summed E-state index contributed by atoms with van der Waals surface area (Å²) >= 11 is 6.12. The maximum absolute atomic E-state index is 10.8. The second kappa shape index (κ2) is 4.93. The molecule has 0 radical (unpaired) electrons. The third kappa shape index (κ3) is 2.29. The summed E-state index contributed by atoms with van der Waals surface area (Å²) in [4.78, 5) is 10.8. The molecule has 1 N–H and O–H groups in total. The number of aryl methyl sites for hydroxylation is 1. The average molecular weight is 282 g/mol. The molecular formula is C13H12ClNO4. The monoisotopic (exact) mass is 281 g/mol. The molecule has 0 aliphatic rings. The van der Waals surface area contributed by atoms with Gasteiger partial charge < -0.3 is 14.4 Å². The molecule has 19 heavy (non-hydrogen) atoms. The number of hydrogen-bond acceptors (Lipinski definition) is 4. The lowest BCUT2D eigenvalue weighted by Gasteiger charge is -2.13. The molecule has 0 aliphatic carbocycles. The van der Waals surface area contributed by atoms with Crippen molar-refractivity contribution in [3.63, 3.8) is 0 Å². The Kier molecular flexibility index (Phi) is 3.48. The number of carbonyl (C=O) groups is 1. The molecule has 1 heterocycles. The minimum Gasteiger partial charge on any atom is -0.494 e. The molecule has 1 aromatic heterocycles. The number of methoxy groups -OCH3 is 1. The van der Waals surface area contributed by atoms with Crippen molar-refractivity contribution in [3.8, 4) is 17.1 Å².